The van der Waals surface area contributed by atoms with E-state index in [0.29, 0.717) is 5.89 Å². The molecule has 1 aromatic rings. The second-order valence-corrected chi connectivity index (χ2v) is 2.36. The standard InChI is InChI=1S/C7H9NO2/c1-5(2)7-8-4-3-6(9)10-7/h3-5H,1-2H3. The molecular weight excluding hydrogens is 130 g/mol. The molecule has 1 heterocycles. The quantitative estimate of drug-likeness (QED) is 0.586. The highest BCUT2D eigenvalue weighted by Gasteiger charge is 2.01. The van der Waals surface area contributed by atoms with Gasteiger partial charge in [0.1, 0.15) is 0 Å². The zero-order valence-corrected chi connectivity index (χ0v) is 6.00. The SMILES string of the molecule is CC(C)c1nccc(=O)o1. The van der Waals surface area contributed by atoms with Gasteiger partial charge in [0, 0.05) is 18.2 Å². The van der Waals surface area contributed by atoms with E-state index in [1.54, 1.807) is 0 Å². The Bertz CT molecular complexity index is 264. The minimum absolute atomic E-state index is 0.175. The van der Waals surface area contributed by atoms with Crippen LogP contribution in [0.3, 0.4) is 0 Å². The van der Waals surface area contributed by atoms with Crippen LogP contribution in [-0.4, -0.2) is 4.98 Å². The summed E-state index contributed by atoms with van der Waals surface area (Å²) in [5.74, 6) is 0.668. The van der Waals surface area contributed by atoms with Crippen LogP contribution in [0.2, 0.25) is 0 Å². The molecule has 0 fully saturated rings. The molecule has 54 valence electrons. The third-order valence-corrected chi connectivity index (χ3v) is 1.11. The summed E-state index contributed by atoms with van der Waals surface area (Å²) in [4.78, 5) is 14.5. The van der Waals surface area contributed by atoms with Crippen molar-refractivity contribution in [2.45, 2.75) is 19.8 Å². The van der Waals surface area contributed by atoms with Crippen molar-refractivity contribution in [3.05, 3.63) is 28.6 Å². The Morgan fingerprint density at radius 2 is 2.30 bits per heavy atom. The molecule has 1 rings (SSSR count). The van der Waals surface area contributed by atoms with Gasteiger partial charge in [0.05, 0.1) is 0 Å². The molecular formula is C7H9NO2. The van der Waals surface area contributed by atoms with E-state index in [-0.39, 0.29) is 11.5 Å². The number of rotatable bonds is 1. The fourth-order valence-electron chi connectivity index (χ4n) is 0.602. The summed E-state index contributed by atoms with van der Waals surface area (Å²) in [5.41, 5.74) is -0.335. The fourth-order valence-corrected chi connectivity index (χ4v) is 0.602. The molecule has 0 bridgehead atoms. The smallest absolute Gasteiger partial charge is 0.338 e. The first kappa shape index (κ1) is 6.99. The third kappa shape index (κ3) is 1.43. The maximum absolute atomic E-state index is 10.6. The Balaban J connectivity index is 3.07. The minimum atomic E-state index is -0.335. The van der Waals surface area contributed by atoms with Crippen LogP contribution in [0, 0.1) is 0 Å². The lowest BCUT2D eigenvalue weighted by molar-refractivity contribution is 0.415. The maximum atomic E-state index is 10.6. The predicted octanol–water partition coefficient (Wildman–Crippen LogP) is 1.16. The van der Waals surface area contributed by atoms with Gasteiger partial charge in [-0.3, -0.25) is 0 Å². The second kappa shape index (κ2) is 2.64. The van der Waals surface area contributed by atoms with Crippen molar-refractivity contribution in [1.82, 2.24) is 4.98 Å². The monoisotopic (exact) mass is 139 g/mol. The molecule has 0 N–H and O–H groups in total. The molecule has 0 radical (unpaired) electrons. The molecule has 0 aliphatic rings. The lowest BCUT2D eigenvalue weighted by Crippen LogP contribution is -2.01. The van der Waals surface area contributed by atoms with Crippen molar-refractivity contribution in [1.29, 1.82) is 0 Å². The second-order valence-electron chi connectivity index (χ2n) is 2.36. The van der Waals surface area contributed by atoms with Crippen LogP contribution in [-0.2, 0) is 0 Å². The van der Waals surface area contributed by atoms with E-state index in [2.05, 4.69) is 4.98 Å². The van der Waals surface area contributed by atoms with Crippen LogP contribution in [0.1, 0.15) is 25.7 Å². The number of aromatic nitrogens is 1. The van der Waals surface area contributed by atoms with Gasteiger partial charge >= 0.3 is 5.63 Å². The van der Waals surface area contributed by atoms with Gasteiger partial charge in [0.2, 0.25) is 5.89 Å². The van der Waals surface area contributed by atoms with Crippen LogP contribution in [0.5, 0.6) is 0 Å². The summed E-state index contributed by atoms with van der Waals surface area (Å²) in [7, 11) is 0. The molecule has 0 amide bonds. The van der Waals surface area contributed by atoms with Crippen molar-refractivity contribution in [2.75, 3.05) is 0 Å². The van der Waals surface area contributed by atoms with Gasteiger partial charge in [-0.05, 0) is 0 Å². The summed E-state index contributed by atoms with van der Waals surface area (Å²) in [6, 6.07) is 1.30. The largest absolute Gasteiger partial charge is 0.408 e. The summed E-state index contributed by atoms with van der Waals surface area (Å²) in [5, 5.41) is 0. The lowest BCUT2D eigenvalue weighted by Gasteiger charge is -1.98. The first-order chi connectivity index (χ1) is 4.70. The molecule has 0 aliphatic carbocycles. The van der Waals surface area contributed by atoms with Crippen LogP contribution >= 0.6 is 0 Å². The minimum Gasteiger partial charge on any atom is -0.408 e. The van der Waals surface area contributed by atoms with E-state index in [1.807, 2.05) is 13.8 Å². The Morgan fingerprint density at radius 1 is 1.60 bits per heavy atom. The van der Waals surface area contributed by atoms with E-state index < -0.39 is 0 Å². The van der Waals surface area contributed by atoms with E-state index in [9.17, 15) is 4.79 Å². The molecule has 0 atom stereocenters. The van der Waals surface area contributed by atoms with Crippen LogP contribution in [0.4, 0.5) is 0 Å². The highest BCUT2D eigenvalue weighted by Crippen LogP contribution is 2.06. The van der Waals surface area contributed by atoms with E-state index in [1.165, 1.54) is 12.3 Å². The summed E-state index contributed by atoms with van der Waals surface area (Å²) in [6.45, 7) is 3.84. The number of hydrogen-bond acceptors (Lipinski definition) is 3. The zero-order chi connectivity index (χ0) is 7.56. The molecule has 0 spiro atoms. The van der Waals surface area contributed by atoms with Crippen LogP contribution in [0.25, 0.3) is 0 Å². The van der Waals surface area contributed by atoms with Gasteiger partial charge in [-0.15, -0.1) is 0 Å². The summed E-state index contributed by atoms with van der Waals surface area (Å²) in [6.07, 6.45) is 1.46. The normalized spacial score (nSPS) is 10.3. The van der Waals surface area contributed by atoms with Gasteiger partial charge in [-0.2, -0.15) is 0 Å². The molecule has 0 saturated carbocycles. The van der Waals surface area contributed by atoms with E-state index >= 15 is 0 Å². The molecule has 10 heavy (non-hydrogen) atoms. The number of nitrogens with zero attached hydrogens (tertiary/aromatic N) is 1. The molecule has 0 saturated heterocycles. The van der Waals surface area contributed by atoms with Gasteiger partial charge in [-0.25, -0.2) is 9.78 Å². The van der Waals surface area contributed by atoms with Crippen molar-refractivity contribution in [2.24, 2.45) is 0 Å². The lowest BCUT2D eigenvalue weighted by atomic mass is 10.2. The molecule has 1 aromatic heterocycles. The Morgan fingerprint density at radius 3 is 2.70 bits per heavy atom. The number of hydrogen-bond donors (Lipinski definition) is 0. The first-order valence-electron chi connectivity index (χ1n) is 3.16. The van der Waals surface area contributed by atoms with Crippen molar-refractivity contribution >= 4 is 0 Å². The average Bonchev–Trinajstić information content (AvgIpc) is 1.88. The fraction of sp³-hybridized carbons (Fsp3) is 0.429. The Labute approximate surface area is 58.7 Å². The molecule has 0 aliphatic heterocycles. The predicted molar refractivity (Wildman–Crippen MR) is 36.9 cm³/mol. The molecule has 3 nitrogen and oxygen atoms in total. The molecule has 0 unspecified atom stereocenters. The van der Waals surface area contributed by atoms with Gasteiger partial charge in [0.15, 0.2) is 0 Å². The van der Waals surface area contributed by atoms with E-state index in [0.717, 1.165) is 0 Å². The van der Waals surface area contributed by atoms with Crippen LogP contribution < -0.4 is 5.63 Å². The van der Waals surface area contributed by atoms with Crippen molar-refractivity contribution in [3.63, 3.8) is 0 Å². The van der Waals surface area contributed by atoms with Gasteiger partial charge < -0.3 is 4.42 Å². The third-order valence-electron chi connectivity index (χ3n) is 1.11. The Hall–Kier alpha value is -1.12. The van der Waals surface area contributed by atoms with E-state index in [4.69, 9.17) is 4.42 Å². The summed E-state index contributed by atoms with van der Waals surface area (Å²) < 4.78 is 4.77. The maximum Gasteiger partial charge on any atom is 0.338 e. The van der Waals surface area contributed by atoms with Gasteiger partial charge in [-0.1, -0.05) is 13.8 Å². The van der Waals surface area contributed by atoms with Crippen LogP contribution in [0.15, 0.2) is 21.5 Å². The van der Waals surface area contributed by atoms with Gasteiger partial charge in [0.25, 0.3) is 0 Å². The van der Waals surface area contributed by atoms with Crippen molar-refractivity contribution in [3.8, 4) is 0 Å². The highest BCUT2D eigenvalue weighted by atomic mass is 16.4. The van der Waals surface area contributed by atoms with Crippen molar-refractivity contribution < 1.29 is 4.42 Å². The highest BCUT2D eigenvalue weighted by molar-refractivity contribution is 4.87. The molecule has 3 heteroatoms. The first-order valence-corrected chi connectivity index (χ1v) is 3.16. The molecule has 0 aromatic carbocycles. The topological polar surface area (TPSA) is 43.1 Å². The summed E-state index contributed by atoms with van der Waals surface area (Å²) >= 11 is 0. The Kier molecular flexibility index (Phi) is 1.85. The average molecular weight is 139 g/mol. The zero-order valence-electron chi connectivity index (χ0n) is 6.00.